The Morgan fingerprint density at radius 1 is 1.23 bits per heavy atom. The van der Waals surface area contributed by atoms with Crippen molar-refractivity contribution in [2.75, 3.05) is 32.8 Å². The second-order valence-electron chi connectivity index (χ2n) is 7.68. The zero-order valence-electron chi connectivity index (χ0n) is 17.5. The largest absolute Gasteiger partial charge is 0.379 e. The molecule has 1 unspecified atom stereocenters. The number of amides is 1. The van der Waals surface area contributed by atoms with Crippen molar-refractivity contribution in [1.29, 1.82) is 0 Å². The van der Waals surface area contributed by atoms with E-state index in [1.165, 1.54) is 28.5 Å². The van der Waals surface area contributed by atoms with E-state index in [1.807, 2.05) is 0 Å². The molecule has 3 aromatic rings. The van der Waals surface area contributed by atoms with Gasteiger partial charge in [-0.25, -0.2) is 9.37 Å². The van der Waals surface area contributed by atoms with Gasteiger partial charge < -0.3 is 10.1 Å². The smallest absolute Gasteiger partial charge is 0.270 e. The van der Waals surface area contributed by atoms with E-state index in [2.05, 4.69) is 46.4 Å². The van der Waals surface area contributed by atoms with Gasteiger partial charge in [-0.15, -0.1) is 11.3 Å². The molecule has 1 saturated heterocycles. The van der Waals surface area contributed by atoms with Crippen LogP contribution < -0.4 is 5.32 Å². The van der Waals surface area contributed by atoms with Crippen LogP contribution in [-0.2, 0) is 11.2 Å². The molecule has 2 aromatic carbocycles. The lowest BCUT2D eigenvalue weighted by molar-refractivity contribution is 0.0162. The third-order valence-electron chi connectivity index (χ3n) is 5.45. The van der Waals surface area contributed by atoms with Crippen molar-refractivity contribution in [1.82, 2.24) is 15.2 Å². The number of ether oxygens (including phenoxy) is 1. The normalized spacial score (nSPS) is 15.5. The first-order valence-electron chi connectivity index (χ1n) is 10.4. The summed E-state index contributed by atoms with van der Waals surface area (Å²) in [7, 11) is 0. The minimum atomic E-state index is -0.254. The summed E-state index contributed by atoms with van der Waals surface area (Å²) < 4.78 is 19.4. The number of benzene rings is 2. The molecule has 0 radical (unpaired) electrons. The predicted octanol–water partition coefficient (Wildman–Crippen LogP) is 3.98. The van der Waals surface area contributed by atoms with Crippen LogP contribution in [0.1, 0.15) is 38.2 Å². The Morgan fingerprint density at radius 2 is 2.03 bits per heavy atom. The molecular formula is C24H26FN3O2S. The first-order valence-corrected chi connectivity index (χ1v) is 11.3. The number of aromatic nitrogens is 1. The minimum Gasteiger partial charge on any atom is -0.379 e. The predicted molar refractivity (Wildman–Crippen MR) is 120 cm³/mol. The molecule has 1 atom stereocenters. The summed E-state index contributed by atoms with van der Waals surface area (Å²) in [4.78, 5) is 19.6. The molecule has 1 amide bonds. The number of carbonyl (C=O) groups is 1. The Balaban J connectivity index is 1.43. The van der Waals surface area contributed by atoms with Crippen molar-refractivity contribution in [2.24, 2.45) is 0 Å². The maximum Gasteiger partial charge on any atom is 0.270 e. The summed E-state index contributed by atoms with van der Waals surface area (Å²) in [6, 6.07) is 15.1. The SMILES string of the molecule is Cc1cccc(C(CNC(=O)c2csc(Cc3ccccc3F)n2)N2CCOCC2)c1. The number of thiazole rings is 1. The lowest BCUT2D eigenvalue weighted by Gasteiger charge is -2.35. The highest BCUT2D eigenvalue weighted by Gasteiger charge is 2.24. The van der Waals surface area contributed by atoms with Crippen molar-refractivity contribution >= 4 is 17.2 Å². The van der Waals surface area contributed by atoms with Crippen LogP contribution in [0.3, 0.4) is 0 Å². The number of aryl methyl sites for hydroxylation is 1. The van der Waals surface area contributed by atoms with E-state index >= 15 is 0 Å². The average molecular weight is 440 g/mol. The summed E-state index contributed by atoms with van der Waals surface area (Å²) >= 11 is 1.38. The fourth-order valence-corrected chi connectivity index (χ4v) is 4.60. The molecule has 5 nitrogen and oxygen atoms in total. The van der Waals surface area contributed by atoms with Gasteiger partial charge in [0.05, 0.1) is 24.3 Å². The molecule has 2 heterocycles. The monoisotopic (exact) mass is 439 g/mol. The molecule has 0 saturated carbocycles. The quantitative estimate of drug-likeness (QED) is 0.605. The van der Waals surface area contributed by atoms with E-state index in [0.29, 0.717) is 37.4 Å². The van der Waals surface area contributed by atoms with Gasteiger partial charge in [0.25, 0.3) is 5.91 Å². The van der Waals surface area contributed by atoms with Crippen molar-refractivity contribution < 1.29 is 13.9 Å². The topological polar surface area (TPSA) is 54.5 Å². The molecular weight excluding hydrogens is 413 g/mol. The average Bonchev–Trinajstić information content (AvgIpc) is 3.25. The van der Waals surface area contributed by atoms with Crippen molar-refractivity contribution in [2.45, 2.75) is 19.4 Å². The molecule has 1 aliphatic rings. The fraction of sp³-hybridized carbons (Fsp3) is 0.333. The molecule has 4 rings (SSSR count). The van der Waals surface area contributed by atoms with Crippen molar-refractivity contribution in [3.63, 3.8) is 0 Å². The van der Waals surface area contributed by atoms with Crippen LogP contribution in [0.5, 0.6) is 0 Å². The number of nitrogens with zero attached hydrogens (tertiary/aromatic N) is 2. The summed E-state index contributed by atoms with van der Waals surface area (Å²) in [5, 5.41) is 5.51. The number of carbonyl (C=O) groups excluding carboxylic acids is 1. The van der Waals surface area contributed by atoms with Gasteiger partial charge in [0.2, 0.25) is 0 Å². The Labute approximate surface area is 185 Å². The number of hydrogen-bond donors (Lipinski definition) is 1. The number of morpholine rings is 1. The van der Waals surface area contributed by atoms with Gasteiger partial charge in [0, 0.05) is 31.4 Å². The van der Waals surface area contributed by atoms with Gasteiger partial charge in [-0.05, 0) is 24.1 Å². The van der Waals surface area contributed by atoms with Gasteiger partial charge in [-0.3, -0.25) is 9.69 Å². The zero-order chi connectivity index (χ0) is 21.6. The van der Waals surface area contributed by atoms with Crippen LogP contribution in [0.25, 0.3) is 0 Å². The van der Waals surface area contributed by atoms with Gasteiger partial charge >= 0.3 is 0 Å². The van der Waals surface area contributed by atoms with Crippen LogP contribution in [-0.4, -0.2) is 48.6 Å². The van der Waals surface area contributed by atoms with Gasteiger partial charge in [0.15, 0.2) is 0 Å². The van der Waals surface area contributed by atoms with Crippen LogP contribution >= 0.6 is 11.3 Å². The number of rotatable bonds is 7. The van der Waals surface area contributed by atoms with Crippen LogP contribution in [0.4, 0.5) is 4.39 Å². The van der Waals surface area contributed by atoms with E-state index < -0.39 is 0 Å². The Morgan fingerprint density at radius 3 is 2.81 bits per heavy atom. The van der Waals surface area contributed by atoms with Crippen molar-refractivity contribution in [3.05, 3.63) is 87.1 Å². The van der Waals surface area contributed by atoms with E-state index in [9.17, 15) is 9.18 Å². The third-order valence-corrected chi connectivity index (χ3v) is 6.30. The second kappa shape index (κ2) is 10.1. The molecule has 31 heavy (non-hydrogen) atoms. The highest BCUT2D eigenvalue weighted by Crippen LogP contribution is 2.23. The highest BCUT2D eigenvalue weighted by molar-refractivity contribution is 7.09. The lowest BCUT2D eigenvalue weighted by atomic mass is 10.0. The number of halogens is 1. The lowest BCUT2D eigenvalue weighted by Crippen LogP contribution is -2.43. The fourth-order valence-electron chi connectivity index (χ4n) is 3.81. The minimum absolute atomic E-state index is 0.0734. The van der Waals surface area contributed by atoms with E-state index in [4.69, 9.17) is 4.74 Å². The maximum absolute atomic E-state index is 13.9. The van der Waals surface area contributed by atoms with Crippen molar-refractivity contribution in [3.8, 4) is 0 Å². The molecule has 0 spiro atoms. The summed E-state index contributed by atoms with van der Waals surface area (Å²) in [6.07, 6.45) is 0.379. The van der Waals surface area contributed by atoms with E-state index in [-0.39, 0.29) is 17.8 Å². The molecule has 1 aromatic heterocycles. The van der Waals surface area contributed by atoms with Gasteiger partial charge in [-0.1, -0.05) is 48.0 Å². The molecule has 1 fully saturated rings. The Kier molecular flexibility index (Phi) is 7.06. The molecule has 1 aliphatic heterocycles. The molecule has 162 valence electrons. The van der Waals surface area contributed by atoms with E-state index in [1.54, 1.807) is 23.6 Å². The molecule has 1 N–H and O–H groups in total. The molecule has 0 aliphatic carbocycles. The van der Waals surface area contributed by atoms with Crippen LogP contribution in [0.2, 0.25) is 0 Å². The van der Waals surface area contributed by atoms with Gasteiger partial charge in [0.1, 0.15) is 11.5 Å². The van der Waals surface area contributed by atoms with Crippen LogP contribution in [0.15, 0.2) is 53.9 Å². The standard InChI is InChI=1S/C24H26FN3O2S/c1-17-5-4-7-19(13-17)22(28-9-11-30-12-10-28)15-26-24(29)21-16-31-23(27-21)14-18-6-2-3-8-20(18)25/h2-8,13,16,22H,9-12,14-15H2,1H3,(H,26,29). The summed E-state index contributed by atoms with van der Waals surface area (Å²) in [6.45, 7) is 5.62. The van der Waals surface area contributed by atoms with Gasteiger partial charge in [-0.2, -0.15) is 0 Å². The van der Waals surface area contributed by atoms with Crippen LogP contribution in [0, 0.1) is 12.7 Å². The zero-order valence-corrected chi connectivity index (χ0v) is 18.3. The first kappa shape index (κ1) is 21.6. The number of hydrogen-bond acceptors (Lipinski definition) is 5. The summed E-state index contributed by atoms with van der Waals surface area (Å²) in [5.41, 5.74) is 3.33. The van der Waals surface area contributed by atoms with E-state index in [0.717, 1.165) is 18.1 Å². The third kappa shape index (κ3) is 5.55. The second-order valence-corrected chi connectivity index (χ2v) is 8.63. The Hall–Kier alpha value is -2.61. The number of nitrogens with one attached hydrogen (secondary N) is 1. The summed E-state index contributed by atoms with van der Waals surface area (Å²) in [5.74, 6) is -0.461. The molecule has 0 bridgehead atoms. The Bertz CT molecular complexity index is 1030. The highest BCUT2D eigenvalue weighted by atomic mass is 32.1. The maximum atomic E-state index is 13.9. The molecule has 7 heteroatoms. The first-order chi connectivity index (χ1) is 15.1.